The molecule has 1 saturated heterocycles. The number of carbonyl (C=O) groups excluding carboxylic acids is 2. The monoisotopic (exact) mass is 461 g/mol. The van der Waals surface area contributed by atoms with Gasteiger partial charge in [0.25, 0.3) is 11.7 Å². The van der Waals surface area contributed by atoms with E-state index in [2.05, 4.69) is 0 Å². The Kier molecular flexibility index (Phi) is 5.64. The van der Waals surface area contributed by atoms with Crippen LogP contribution in [0, 0.1) is 5.82 Å². The quantitative estimate of drug-likeness (QED) is 0.302. The first-order chi connectivity index (χ1) is 14.4. The molecule has 152 valence electrons. The lowest BCUT2D eigenvalue weighted by atomic mass is 9.99. The average molecular weight is 462 g/mol. The normalized spacial score (nSPS) is 18.2. The van der Waals surface area contributed by atoms with Crippen molar-refractivity contribution in [2.45, 2.75) is 12.6 Å². The molecule has 0 saturated carbocycles. The van der Waals surface area contributed by atoms with Crippen molar-refractivity contribution in [3.63, 3.8) is 0 Å². The number of amides is 1. The van der Waals surface area contributed by atoms with Gasteiger partial charge >= 0.3 is 0 Å². The first kappa shape index (κ1) is 20.6. The van der Waals surface area contributed by atoms with E-state index in [9.17, 15) is 19.1 Å². The first-order valence-corrected chi connectivity index (χ1v) is 10.5. The van der Waals surface area contributed by atoms with E-state index in [0.717, 1.165) is 4.88 Å². The molecular formula is C22H14Cl2FNO3S. The zero-order valence-electron chi connectivity index (χ0n) is 15.3. The number of hydrogen-bond acceptors (Lipinski definition) is 4. The highest BCUT2D eigenvalue weighted by molar-refractivity contribution is 7.10. The van der Waals surface area contributed by atoms with Crippen LogP contribution in [0.5, 0.6) is 0 Å². The Labute approximate surface area is 185 Å². The van der Waals surface area contributed by atoms with Crippen LogP contribution in [0.4, 0.5) is 4.39 Å². The summed E-state index contributed by atoms with van der Waals surface area (Å²) in [5.74, 6) is -2.25. The van der Waals surface area contributed by atoms with Crippen molar-refractivity contribution in [1.82, 2.24) is 4.90 Å². The van der Waals surface area contributed by atoms with E-state index in [0.29, 0.717) is 10.6 Å². The Morgan fingerprint density at radius 2 is 1.80 bits per heavy atom. The minimum atomic E-state index is -0.793. The number of rotatable bonds is 4. The van der Waals surface area contributed by atoms with Gasteiger partial charge in [-0.2, -0.15) is 0 Å². The number of likely N-dealkylation sites (tertiary alicyclic amines) is 1. The van der Waals surface area contributed by atoms with Crippen LogP contribution in [0.15, 0.2) is 65.6 Å². The van der Waals surface area contributed by atoms with E-state index in [1.54, 1.807) is 24.3 Å². The van der Waals surface area contributed by atoms with Gasteiger partial charge in [-0.05, 0) is 47.3 Å². The van der Waals surface area contributed by atoms with E-state index in [1.165, 1.54) is 46.6 Å². The van der Waals surface area contributed by atoms with Gasteiger partial charge in [0.15, 0.2) is 0 Å². The summed E-state index contributed by atoms with van der Waals surface area (Å²) >= 11 is 13.4. The zero-order valence-corrected chi connectivity index (χ0v) is 17.6. The van der Waals surface area contributed by atoms with E-state index in [4.69, 9.17) is 23.2 Å². The third-order valence-electron chi connectivity index (χ3n) is 4.81. The molecule has 1 fully saturated rings. The molecule has 1 aliphatic heterocycles. The number of hydrogen-bond donors (Lipinski definition) is 1. The number of nitrogens with zero attached hydrogens (tertiary/aromatic N) is 1. The molecule has 3 aromatic rings. The summed E-state index contributed by atoms with van der Waals surface area (Å²) in [6, 6.07) is 13.0. The number of benzene rings is 2. The molecule has 8 heteroatoms. The van der Waals surface area contributed by atoms with Crippen molar-refractivity contribution in [2.24, 2.45) is 0 Å². The average Bonchev–Trinajstić information content (AvgIpc) is 3.34. The molecule has 1 atom stereocenters. The minimum absolute atomic E-state index is 0.0250. The fourth-order valence-corrected chi connectivity index (χ4v) is 4.51. The second kappa shape index (κ2) is 8.22. The van der Waals surface area contributed by atoms with Gasteiger partial charge < -0.3 is 10.0 Å². The second-order valence-electron chi connectivity index (χ2n) is 6.70. The van der Waals surface area contributed by atoms with E-state index >= 15 is 0 Å². The predicted molar refractivity (Wildman–Crippen MR) is 115 cm³/mol. The van der Waals surface area contributed by atoms with Crippen LogP contribution in [0.3, 0.4) is 0 Å². The molecule has 0 aliphatic carbocycles. The molecule has 2 heterocycles. The summed E-state index contributed by atoms with van der Waals surface area (Å²) in [5, 5.41) is 13.3. The van der Waals surface area contributed by atoms with Crippen molar-refractivity contribution in [3.05, 3.63) is 97.4 Å². The van der Waals surface area contributed by atoms with Gasteiger partial charge in [0.05, 0.1) is 21.7 Å². The molecule has 2 aromatic carbocycles. The summed E-state index contributed by atoms with van der Waals surface area (Å²) in [5.41, 5.74) is 0.920. The Morgan fingerprint density at radius 1 is 1.07 bits per heavy atom. The van der Waals surface area contributed by atoms with Gasteiger partial charge in [-0.15, -0.1) is 11.3 Å². The van der Waals surface area contributed by atoms with Gasteiger partial charge in [-0.25, -0.2) is 4.39 Å². The molecule has 0 spiro atoms. The second-order valence-corrected chi connectivity index (χ2v) is 8.49. The number of aliphatic hydroxyl groups excluding tert-OH is 1. The molecule has 1 aliphatic rings. The molecule has 0 bridgehead atoms. The number of halogens is 3. The number of aliphatic hydroxyl groups is 1. The van der Waals surface area contributed by atoms with Gasteiger partial charge in [0.2, 0.25) is 0 Å². The molecule has 4 nitrogen and oxygen atoms in total. The van der Waals surface area contributed by atoms with E-state index in [-0.39, 0.29) is 28.5 Å². The Hall–Kier alpha value is -2.67. The van der Waals surface area contributed by atoms with Crippen LogP contribution in [0.2, 0.25) is 10.0 Å². The van der Waals surface area contributed by atoms with Gasteiger partial charge in [-0.1, -0.05) is 41.4 Å². The number of carbonyl (C=O) groups is 2. The van der Waals surface area contributed by atoms with Crippen molar-refractivity contribution >= 4 is 52.0 Å². The Bertz CT molecular complexity index is 1160. The highest BCUT2D eigenvalue weighted by Crippen LogP contribution is 2.42. The molecule has 1 amide bonds. The summed E-state index contributed by atoms with van der Waals surface area (Å²) in [4.78, 5) is 27.9. The van der Waals surface area contributed by atoms with Crippen LogP contribution >= 0.6 is 34.5 Å². The third kappa shape index (κ3) is 3.74. The molecular weight excluding hydrogens is 448 g/mol. The largest absolute Gasteiger partial charge is 0.507 e. The molecule has 1 unspecified atom stereocenters. The molecule has 30 heavy (non-hydrogen) atoms. The summed E-state index contributed by atoms with van der Waals surface area (Å²) in [6.45, 7) is 0.0889. The Morgan fingerprint density at radius 3 is 2.43 bits per heavy atom. The van der Waals surface area contributed by atoms with Crippen LogP contribution in [0.25, 0.3) is 5.76 Å². The fourth-order valence-electron chi connectivity index (χ4n) is 3.37. The highest BCUT2D eigenvalue weighted by Gasteiger charge is 2.46. The van der Waals surface area contributed by atoms with Crippen molar-refractivity contribution in [1.29, 1.82) is 0 Å². The lowest BCUT2D eigenvalue weighted by Gasteiger charge is -2.24. The summed E-state index contributed by atoms with van der Waals surface area (Å²) in [7, 11) is 0. The van der Waals surface area contributed by atoms with Gasteiger partial charge in [-0.3, -0.25) is 9.59 Å². The van der Waals surface area contributed by atoms with Crippen molar-refractivity contribution in [2.75, 3.05) is 0 Å². The zero-order chi connectivity index (χ0) is 21.4. The van der Waals surface area contributed by atoms with Crippen LogP contribution in [-0.4, -0.2) is 21.7 Å². The SMILES string of the molecule is O=C1C(=O)N(Cc2ccc(F)cc2)C(c2cccs2)/C1=C(/O)c1ccc(Cl)c(Cl)c1. The highest BCUT2D eigenvalue weighted by atomic mass is 35.5. The fraction of sp³-hybridized carbons (Fsp3) is 0.0909. The first-order valence-electron chi connectivity index (χ1n) is 8.88. The number of thiophene rings is 1. The minimum Gasteiger partial charge on any atom is -0.507 e. The van der Waals surface area contributed by atoms with Gasteiger partial charge in [0, 0.05) is 17.0 Å². The van der Waals surface area contributed by atoms with Gasteiger partial charge in [0.1, 0.15) is 11.6 Å². The maximum Gasteiger partial charge on any atom is 0.295 e. The molecule has 1 N–H and O–H groups in total. The molecule has 4 rings (SSSR count). The predicted octanol–water partition coefficient (Wildman–Crippen LogP) is 5.82. The smallest absolute Gasteiger partial charge is 0.295 e. The third-order valence-corrected chi connectivity index (χ3v) is 6.48. The maximum atomic E-state index is 13.3. The number of Topliss-reactive ketones (excluding diaryl/α,β-unsaturated/α-hetero) is 1. The van der Waals surface area contributed by atoms with Crippen LogP contribution in [-0.2, 0) is 16.1 Å². The number of ketones is 1. The van der Waals surface area contributed by atoms with Crippen molar-refractivity contribution in [3.8, 4) is 0 Å². The standard InChI is InChI=1S/C22H14Cl2FNO3S/c23-15-8-5-13(10-16(15)24)20(27)18-19(17-2-1-9-30-17)26(22(29)21(18)28)11-12-3-6-14(25)7-4-12/h1-10,19,27H,11H2/b20-18-. The van der Waals surface area contributed by atoms with E-state index in [1.807, 2.05) is 5.38 Å². The van der Waals surface area contributed by atoms with Crippen LogP contribution < -0.4 is 0 Å². The Balaban J connectivity index is 1.82. The lowest BCUT2D eigenvalue weighted by Crippen LogP contribution is -2.28. The summed E-state index contributed by atoms with van der Waals surface area (Å²) in [6.07, 6.45) is 0. The lowest BCUT2D eigenvalue weighted by molar-refractivity contribution is -0.140. The molecule has 1 aromatic heterocycles. The topological polar surface area (TPSA) is 57.6 Å². The maximum absolute atomic E-state index is 13.3. The van der Waals surface area contributed by atoms with Crippen molar-refractivity contribution < 1.29 is 19.1 Å². The van der Waals surface area contributed by atoms with Crippen LogP contribution in [0.1, 0.15) is 22.0 Å². The van der Waals surface area contributed by atoms with E-state index < -0.39 is 23.5 Å². The molecule has 0 radical (unpaired) electrons. The summed E-state index contributed by atoms with van der Waals surface area (Å²) < 4.78 is 13.3.